The van der Waals surface area contributed by atoms with Crippen molar-refractivity contribution in [3.05, 3.63) is 64.7 Å². The van der Waals surface area contributed by atoms with Crippen molar-refractivity contribution in [2.24, 2.45) is 0 Å². The van der Waals surface area contributed by atoms with Crippen LogP contribution in [0, 0.1) is 0 Å². The molecule has 0 aliphatic rings. The highest BCUT2D eigenvalue weighted by atomic mass is 79.9. The van der Waals surface area contributed by atoms with Crippen LogP contribution in [0.5, 0.6) is 0 Å². The van der Waals surface area contributed by atoms with Gasteiger partial charge in [-0.15, -0.1) is 10.2 Å². The summed E-state index contributed by atoms with van der Waals surface area (Å²) in [6, 6.07) is 10.4. The molecule has 0 saturated heterocycles. The molecule has 232 valence electrons. The highest BCUT2D eigenvalue weighted by Gasteiger charge is 2.37. The molecule has 0 aliphatic heterocycles. The van der Waals surface area contributed by atoms with Crippen molar-refractivity contribution in [3.8, 4) is 34.3 Å². The lowest BCUT2D eigenvalue weighted by molar-refractivity contribution is 0.0429. The number of benzene rings is 1. The highest BCUT2D eigenvalue weighted by molar-refractivity contribution is 9.08. The van der Waals surface area contributed by atoms with Crippen molar-refractivity contribution in [1.29, 1.82) is 0 Å². The third-order valence-corrected chi connectivity index (χ3v) is 6.51. The van der Waals surface area contributed by atoms with E-state index in [0.29, 0.717) is 27.1 Å². The molecular formula is C31H35BrN6O6. The molecule has 4 aromatic rings. The van der Waals surface area contributed by atoms with Crippen molar-refractivity contribution in [1.82, 2.24) is 24.7 Å². The Morgan fingerprint density at radius 1 is 0.955 bits per heavy atom. The fourth-order valence-corrected chi connectivity index (χ4v) is 4.32. The zero-order valence-electron chi connectivity index (χ0n) is 25.9. The molecule has 1 aromatic carbocycles. The predicted octanol–water partition coefficient (Wildman–Crippen LogP) is 7.17. The minimum absolute atomic E-state index is 0.0723. The maximum absolute atomic E-state index is 13.5. The number of alkyl halides is 1. The SMILES string of the molecule is CC(C)n1cc(-c2cnc(N(C(=O)OC(C)(C)C)C(=O)OC(C)(C)C)c(-c3nnc(-c4cccc(CBr)c4)o3)n2)ccc1=O. The van der Waals surface area contributed by atoms with Crippen LogP contribution in [-0.2, 0) is 14.8 Å². The minimum Gasteiger partial charge on any atom is -0.443 e. The summed E-state index contributed by atoms with van der Waals surface area (Å²) in [5, 5.41) is 9.03. The summed E-state index contributed by atoms with van der Waals surface area (Å²) in [5.74, 6) is -0.155. The molecule has 0 bridgehead atoms. The first-order valence-corrected chi connectivity index (χ1v) is 15.0. The number of aromatic nitrogens is 5. The van der Waals surface area contributed by atoms with Crippen molar-refractivity contribution >= 4 is 33.9 Å². The molecule has 0 radical (unpaired) electrons. The quantitative estimate of drug-likeness (QED) is 0.194. The van der Waals surface area contributed by atoms with Crippen LogP contribution in [0.3, 0.4) is 0 Å². The lowest BCUT2D eigenvalue weighted by Gasteiger charge is -2.28. The van der Waals surface area contributed by atoms with E-state index >= 15 is 0 Å². The largest absolute Gasteiger partial charge is 0.443 e. The van der Waals surface area contributed by atoms with Gasteiger partial charge in [-0.1, -0.05) is 28.1 Å². The van der Waals surface area contributed by atoms with Crippen molar-refractivity contribution in [2.45, 2.75) is 78.0 Å². The van der Waals surface area contributed by atoms with Crippen LogP contribution in [0.2, 0.25) is 0 Å². The molecule has 0 spiro atoms. The number of amides is 2. The Morgan fingerprint density at radius 2 is 1.59 bits per heavy atom. The van der Waals surface area contributed by atoms with E-state index in [-0.39, 0.29) is 34.9 Å². The first kappa shape index (κ1) is 32.5. The summed E-state index contributed by atoms with van der Waals surface area (Å²) in [4.78, 5) is 49.3. The number of imide groups is 1. The van der Waals surface area contributed by atoms with Crippen LogP contribution in [0.15, 0.2) is 58.0 Å². The molecule has 0 unspecified atom stereocenters. The van der Waals surface area contributed by atoms with E-state index in [0.717, 1.165) is 5.56 Å². The van der Waals surface area contributed by atoms with E-state index in [4.69, 9.17) is 18.9 Å². The first-order chi connectivity index (χ1) is 20.6. The Morgan fingerprint density at radius 3 is 2.18 bits per heavy atom. The number of carbonyl (C=O) groups is 2. The molecule has 0 fully saturated rings. The van der Waals surface area contributed by atoms with Gasteiger partial charge in [0.2, 0.25) is 5.89 Å². The molecule has 3 heterocycles. The zero-order chi connectivity index (χ0) is 32.4. The van der Waals surface area contributed by atoms with Gasteiger partial charge in [0.1, 0.15) is 11.2 Å². The lowest BCUT2D eigenvalue weighted by atomic mass is 10.1. The average molecular weight is 668 g/mol. The Balaban J connectivity index is 1.94. The topological polar surface area (TPSA) is 143 Å². The second kappa shape index (κ2) is 12.7. The van der Waals surface area contributed by atoms with Gasteiger partial charge >= 0.3 is 12.2 Å². The molecule has 13 heteroatoms. The van der Waals surface area contributed by atoms with Crippen molar-refractivity contribution in [2.75, 3.05) is 4.90 Å². The number of pyridine rings is 1. The Kier molecular flexibility index (Phi) is 9.38. The molecule has 3 aromatic heterocycles. The Labute approximate surface area is 263 Å². The van der Waals surface area contributed by atoms with Crippen LogP contribution >= 0.6 is 15.9 Å². The predicted molar refractivity (Wildman–Crippen MR) is 168 cm³/mol. The Bertz CT molecular complexity index is 1710. The van der Waals surface area contributed by atoms with E-state index in [2.05, 4.69) is 31.1 Å². The van der Waals surface area contributed by atoms with E-state index in [1.165, 1.54) is 12.3 Å². The second-order valence-electron chi connectivity index (χ2n) is 12.2. The van der Waals surface area contributed by atoms with Gasteiger partial charge < -0.3 is 18.5 Å². The summed E-state index contributed by atoms with van der Waals surface area (Å²) in [5.41, 5.74) is 0.384. The van der Waals surface area contributed by atoms with Crippen LogP contribution in [0.25, 0.3) is 34.3 Å². The molecule has 2 amide bonds. The van der Waals surface area contributed by atoms with Gasteiger partial charge in [0.25, 0.3) is 11.4 Å². The van der Waals surface area contributed by atoms with Crippen LogP contribution < -0.4 is 10.5 Å². The Hall–Kier alpha value is -4.39. The third kappa shape index (κ3) is 7.76. The number of rotatable bonds is 6. The number of carbonyl (C=O) groups excluding carboxylic acids is 2. The van der Waals surface area contributed by atoms with Gasteiger partial charge in [0.05, 0.1) is 11.9 Å². The van der Waals surface area contributed by atoms with Gasteiger partial charge in [-0.05, 0) is 79.2 Å². The maximum atomic E-state index is 13.5. The third-order valence-electron chi connectivity index (χ3n) is 5.86. The fourth-order valence-electron chi connectivity index (χ4n) is 3.97. The van der Waals surface area contributed by atoms with Gasteiger partial charge in [0, 0.05) is 34.8 Å². The van der Waals surface area contributed by atoms with Crippen LogP contribution in [0.4, 0.5) is 15.4 Å². The van der Waals surface area contributed by atoms with Crippen molar-refractivity contribution < 1.29 is 23.5 Å². The van der Waals surface area contributed by atoms with Crippen LogP contribution in [-0.4, -0.2) is 48.1 Å². The summed E-state index contributed by atoms with van der Waals surface area (Å²) in [6.45, 7) is 13.8. The van der Waals surface area contributed by atoms with Gasteiger partial charge in [0.15, 0.2) is 11.5 Å². The molecule has 44 heavy (non-hydrogen) atoms. The highest BCUT2D eigenvalue weighted by Crippen LogP contribution is 2.33. The zero-order valence-corrected chi connectivity index (χ0v) is 27.5. The molecule has 0 saturated carbocycles. The summed E-state index contributed by atoms with van der Waals surface area (Å²) in [7, 11) is 0. The monoisotopic (exact) mass is 666 g/mol. The molecule has 0 aliphatic carbocycles. The molecule has 4 rings (SSSR count). The number of ether oxygens (including phenoxy) is 2. The fraction of sp³-hybridized carbons (Fsp3) is 0.387. The molecule has 12 nitrogen and oxygen atoms in total. The number of nitrogens with zero attached hydrogens (tertiary/aromatic N) is 6. The van der Waals surface area contributed by atoms with Gasteiger partial charge in [-0.25, -0.2) is 19.6 Å². The standard InChI is InChI=1S/C31H35BrN6O6/c1-18(2)37-17-21(12-13-23(37)39)22-16-33-25(38(28(40)43-30(3,4)5)29(41)44-31(6,7)8)24(34-22)27-36-35-26(42-27)20-11-9-10-19(14-20)15-32/h9-14,16-18H,15H2,1-8H3. The van der Waals surface area contributed by atoms with Gasteiger partial charge in [-0.3, -0.25) is 4.79 Å². The average Bonchev–Trinajstić information content (AvgIpc) is 3.42. The number of hydrogen-bond acceptors (Lipinski definition) is 10. The smallest absolute Gasteiger partial charge is 0.425 e. The summed E-state index contributed by atoms with van der Waals surface area (Å²) < 4.78 is 18.7. The number of anilines is 1. The minimum atomic E-state index is -1.03. The number of halogens is 1. The van der Waals surface area contributed by atoms with E-state index in [1.54, 1.807) is 58.4 Å². The molecule has 0 atom stereocenters. The normalized spacial score (nSPS) is 11.9. The number of hydrogen-bond donors (Lipinski definition) is 0. The second-order valence-corrected chi connectivity index (χ2v) is 12.8. The summed E-state index contributed by atoms with van der Waals surface area (Å²) >= 11 is 3.45. The van der Waals surface area contributed by atoms with Gasteiger partial charge in [-0.2, -0.15) is 4.90 Å². The van der Waals surface area contributed by atoms with Crippen molar-refractivity contribution in [3.63, 3.8) is 0 Å². The lowest BCUT2D eigenvalue weighted by Crippen LogP contribution is -2.44. The van der Waals surface area contributed by atoms with E-state index in [9.17, 15) is 14.4 Å². The first-order valence-electron chi connectivity index (χ1n) is 13.9. The molecule has 0 N–H and O–H groups in total. The maximum Gasteiger partial charge on any atom is 0.425 e. The van der Waals surface area contributed by atoms with Crippen LogP contribution in [0.1, 0.15) is 67.0 Å². The summed E-state index contributed by atoms with van der Waals surface area (Å²) in [6.07, 6.45) is 0.966. The van der Waals surface area contributed by atoms with E-state index < -0.39 is 23.4 Å². The molecular weight excluding hydrogens is 632 g/mol. The van der Waals surface area contributed by atoms with E-state index in [1.807, 2.05) is 38.1 Å².